The molecule has 0 aliphatic rings. The van der Waals surface area contributed by atoms with Crippen LogP contribution in [0.5, 0.6) is 0 Å². The SMILES string of the molecule is CC(C)CCN(C(P(=O)(O)O)P(=O)(O)O)C(P(=O)(O)O)P(=O)(O)O. The first-order chi connectivity index (χ1) is 10.3. The van der Waals surface area contributed by atoms with Crippen LogP contribution in [0, 0.1) is 5.92 Å². The van der Waals surface area contributed by atoms with Crippen LogP contribution in [0.25, 0.3) is 0 Å². The minimum Gasteiger partial charge on any atom is -0.323 e. The lowest BCUT2D eigenvalue weighted by Gasteiger charge is -2.38. The summed E-state index contributed by atoms with van der Waals surface area (Å²) < 4.78 is 45.9. The van der Waals surface area contributed by atoms with E-state index in [2.05, 4.69) is 0 Å². The first kappa shape index (κ1) is 24.6. The molecular formula is C7H21NO12P4. The monoisotopic (exact) mass is 435 g/mol. The zero-order valence-corrected chi connectivity index (χ0v) is 16.2. The smallest absolute Gasteiger partial charge is 0.323 e. The minimum atomic E-state index is -5.73. The van der Waals surface area contributed by atoms with Gasteiger partial charge in [0.1, 0.15) is 0 Å². The molecule has 0 bridgehead atoms. The van der Waals surface area contributed by atoms with Gasteiger partial charge in [0.25, 0.3) is 0 Å². The van der Waals surface area contributed by atoms with Crippen molar-refractivity contribution < 1.29 is 57.4 Å². The van der Waals surface area contributed by atoms with Gasteiger partial charge < -0.3 is 39.1 Å². The van der Waals surface area contributed by atoms with Gasteiger partial charge in [-0.3, -0.25) is 23.2 Å². The Morgan fingerprint density at radius 3 is 1.08 bits per heavy atom. The van der Waals surface area contributed by atoms with Crippen LogP contribution in [0.15, 0.2) is 0 Å². The number of hydrogen-bond acceptors (Lipinski definition) is 5. The quantitative estimate of drug-likeness (QED) is 0.216. The second kappa shape index (κ2) is 8.06. The molecule has 0 unspecified atom stereocenters. The van der Waals surface area contributed by atoms with E-state index in [4.69, 9.17) is 0 Å². The molecule has 0 amide bonds. The minimum absolute atomic E-state index is 0.104. The van der Waals surface area contributed by atoms with Crippen molar-refractivity contribution in [3.05, 3.63) is 0 Å². The summed E-state index contributed by atoms with van der Waals surface area (Å²) in [6.07, 6.45) is -0.104. The molecule has 8 N–H and O–H groups in total. The molecule has 0 rings (SSSR count). The van der Waals surface area contributed by atoms with Gasteiger partial charge in [-0.25, -0.2) is 0 Å². The lowest BCUT2D eigenvalue weighted by Crippen LogP contribution is -2.43. The van der Waals surface area contributed by atoms with E-state index in [9.17, 15) is 57.4 Å². The fraction of sp³-hybridized carbons (Fsp3) is 1.00. The molecule has 0 aromatic heterocycles. The molecule has 0 aliphatic carbocycles. The Hall–Kier alpha value is 0.560. The first-order valence-electron chi connectivity index (χ1n) is 6.26. The van der Waals surface area contributed by atoms with Gasteiger partial charge in [0.15, 0.2) is 0 Å². The van der Waals surface area contributed by atoms with Crippen LogP contribution in [0.1, 0.15) is 20.3 Å². The van der Waals surface area contributed by atoms with Crippen LogP contribution in [-0.4, -0.2) is 61.6 Å². The van der Waals surface area contributed by atoms with E-state index in [1.807, 2.05) is 0 Å². The predicted molar refractivity (Wildman–Crippen MR) is 81.9 cm³/mol. The van der Waals surface area contributed by atoms with Crippen LogP contribution >= 0.6 is 30.4 Å². The third-order valence-corrected chi connectivity index (χ3v) is 9.96. The van der Waals surface area contributed by atoms with Gasteiger partial charge in [-0.15, -0.1) is 0 Å². The maximum absolute atomic E-state index is 11.5. The molecule has 0 aliphatic heterocycles. The lowest BCUT2D eigenvalue weighted by atomic mass is 10.1. The van der Waals surface area contributed by atoms with Crippen LogP contribution in [0.3, 0.4) is 0 Å². The molecular weight excluding hydrogens is 414 g/mol. The molecule has 0 heterocycles. The fourth-order valence-corrected chi connectivity index (χ4v) is 8.02. The van der Waals surface area contributed by atoms with Gasteiger partial charge in [-0.05, 0) is 12.3 Å². The molecule has 17 heteroatoms. The highest BCUT2D eigenvalue weighted by molar-refractivity contribution is 7.72. The summed E-state index contributed by atoms with van der Waals surface area (Å²) in [6, 6.07) is 0. The standard InChI is InChI=1S/C7H21NO12P4/c1-5(2)3-4-8(6(21(9,10)11)22(12,13)14)7(23(15,16)17)24(18,19)20/h5-7H,3-4H2,1-2H3,(H2,9,10,11)(H2,12,13,14)(H2,15,16,17)(H2,18,19,20). The fourth-order valence-electron chi connectivity index (χ4n) is 1.92. The summed E-state index contributed by atoms with van der Waals surface area (Å²) in [4.78, 5) is 73.4. The highest BCUT2D eigenvalue weighted by Gasteiger charge is 2.58. The van der Waals surface area contributed by atoms with E-state index in [1.54, 1.807) is 13.8 Å². The number of hydrogen-bond donors (Lipinski definition) is 8. The van der Waals surface area contributed by atoms with Gasteiger partial charge in [-0.2, -0.15) is 0 Å². The summed E-state index contributed by atoms with van der Waals surface area (Å²) in [5, 5.41) is 0. The Morgan fingerprint density at radius 1 is 0.667 bits per heavy atom. The van der Waals surface area contributed by atoms with E-state index < -0.39 is 48.0 Å². The van der Waals surface area contributed by atoms with Crippen LogP contribution in [0.4, 0.5) is 0 Å². The van der Waals surface area contributed by atoms with E-state index in [0.29, 0.717) is 0 Å². The normalized spacial score (nSPS) is 15.1. The van der Waals surface area contributed by atoms with Crippen LogP contribution in [-0.2, 0) is 18.3 Å². The maximum atomic E-state index is 11.5. The van der Waals surface area contributed by atoms with Gasteiger partial charge in [0, 0.05) is 6.54 Å². The number of rotatable bonds is 9. The average molecular weight is 435 g/mol. The second-order valence-corrected chi connectivity index (χ2v) is 13.0. The summed E-state index contributed by atoms with van der Waals surface area (Å²) in [5.41, 5.74) is -6.21. The molecule has 0 fully saturated rings. The van der Waals surface area contributed by atoms with Gasteiger partial charge in [-0.1, -0.05) is 13.8 Å². The van der Waals surface area contributed by atoms with Gasteiger partial charge >= 0.3 is 30.4 Å². The third-order valence-electron chi connectivity index (χ3n) is 2.76. The largest absolute Gasteiger partial charge is 0.355 e. The van der Waals surface area contributed by atoms with Crippen molar-refractivity contribution in [2.75, 3.05) is 6.54 Å². The molecule has 0 atom stereocenters. The second-order valence-electron chi connectivity index (χ2n) is 5.47. The van der Waals surface area contributed by atoms with Crippen molar-refractivity contribution in [1.82, 2.24) is 4.90 Å². The van der Waals surface area contributed by atoms with Crippen molar-refractivity contribution in [1.29, 1.82) is 0 Å². The molecule has 13 nitrogen and oxygen atoms in total. The summed E-state index contributed by atoms with van der Waals surface area (Å²) in [7, 11) is -22.9. The van der Waals surface area contributed by atoms with Crippen molar-refractivity contribution in [2.45, 2.75) is 31.3 Å². The van der Waals surface area contributed by atoms with Crippen LogP contribution in [0.2, 0.25) is 0 Å². The average Bonchev–Trinajstić information content (AvgIpc) is 2.16. The first-order valence-corrected chi connectivity index (χ1v) is 13.0. The molecule has 0 saturated heterocycles. The van der Waals surface area contributed by atoms with E-state index >= 15 is 0 Å². The summed E-state index contributed by atoms with van der Waals surface area (Å²) in [6.45, 7) is 2.37. The van der Waals surface area contributed by atoms with Gasteiger partial charge in [0.05, 0.1) is 0 Å². The lowest BCUT2D eigenvalue weighted by molar-refractivity contribution is 0.193. The Labute approximate surface area is 137 Å². The molecule has 0 aromatic carbocycles. The van der Waals surface area contributed by atoms with Crippen molar-refractivity contribution in [2.24, 2.45) is 5.92 Å². The third kappa shape index (κ3) is 7.43. The molecule has 0 spiro atoms. The van der Waals surface area contributed by atoms with Crippen molar-refractivity contribution in [3.63, 3.8) is 0 Å². The van der Waals surface area contributed by atoms with E-state index in [-0.39, 0.29) is 17.2 Å². The molecule has 146 valence electrons. The zero-order valence-electron chi connectivity index (χ0n) is 12.6. The Bertz CT molecular complexity index is 519. The molecule has 0 aromatic rings. The van der Waals surface area contributed by atoms with Crippen molar-refractivity contribution >= 4 is 30.4 Å². The van der Waals surface area contributed by atoms with Crippen LogP contribution < -0.4 is 0 Å². The van der Waals surface area contributed by atoms with E-state index in [1.165, 1.54) is 0 Å². The highest BCUT2D eigenvalue weighted by Crippen LogP contribution is 2.68. The summed E-state index contributed by atoms with van der Waals surface area (Å²) in [5.74, 6) is -0.268. The highest BCUT2D eigenvalue weighted by atomic mass is 31.2. The topological polar surface area (TPSA) is 233 Å². The molecule has 0 radical (unpaired) electrons. The Morgan fingerprint density at radius 2 is 0.917 bits per heavy atom. The Kier molecular flexibility index (Phi) is 8.25. The van der Waals surface area contributed by atoms with E-state index in [0.717, 1.165) is 0 Å². The number of nitrogens with zero attached hydrogens (tertiary/aromatic N) is 1. The van der Waals surface area contributed by atoms with Gasteiger partial charge in [0.2, 0.25) is 11.0 Å². The zero-order chi connectivity index (χ0) is 19.7. The Balaban J connectivity index is 6.43. The van der Waals surface area contributed by atoms with Crippen molar-refractivity contribution in [3.8, 4) is 0 Å². The summed E-state index contributed by atoms with van der Waals surface area (Å²) >= 11 is 0. The maximum Gasteiger partial charge on any atom is 0.355 e. The molecule has 24 heavy (non-hydrogen) atoms. The predicted octanol–water partition coefficient (Wildman–Crippen LogP) is -0.388. The molecule has 0 saturated carbocycles.